The summed E-state index contributed by atoms with van der Waals surface area (Å²) in [6.07, 6.45) is 1.66. The Hall–Kier alpha value is -3.36. The second kappa shape index (κ2) is 14.3. The van der Waals surface area contributed by atoms with Crippen molar-refractivity contribution in [1.82, 2.24) is 10.2 Å². The standard InChI is InChI=1S/C31H38ClN3O4S/c1-5-24(4)33-31(37)29(6-2)34(21-20-25-10-8-7-9-11-25)30(36)22-35(27-16-12-23(3)13-17-27)40(38,39)28-18-14-26(32)15-19-28/h7-19,24,29H,5-6,20-22H2,1-4H3,(H,33,37)/t24-,29-/m0/s1. The van der Waals surface area contributed by atoms with Gasteiger partial charge < -0.3 is 10.2 Å². The second-order valence-corrected chi connectivity index (χ2v) is 12.2. The Bertz CT molecular complexity index is 1360. The summed E-state index contributed by atoms with van der Waals surface area (Å²) in [7, 11) is -4.13. The van der Waals surface area contributed by atoms with Crippen LogP contribution in [0.1, 0.15) is 44.7 Å². The first-order chi connectivity index (χ1) is 19.1. The lowest BCUT2D eigenvalue weighted by atomic mass is 10.1. The molecule has 0 aliphatic rings. The second-order valence-electron chi connectivity index (χ2n) is 9.87. The van der Waals surface area contributed by atoms with E-state index in [4.69, 9.17) is 11.6 Å². The highest BCUT2D eigenvalue weighted by Gasteiger charge is 2.33. The largest absolute Gasteiger partial charge is 0.352 e. The number of benzene rings is 3. The number of sulfonamides is 1. The van der Waals surface area contributed by atoms with Gasteiger partial charge in [-0.15, -0.1) is 0 Å². The van der Waals surface area contributed by atoms with Crippen LogP contribution in [-0.4, -0.2) is 50.3 Å². The normalized spacial score (nSPS) is 12.8. The first kappa shape index (κ1) is 31.2. The summed E-state index contributed by atoms with van der Waals surface area (Å²) in [6.45, 7) is 7.45. The van der Waals surface area contributed by atoms with Crippen molar-refractivity contribution in [2.75, 3.05) is 17.4 Å². The van der Waals surface area contributed by atoms with Crippen molar-refractivity contribution in [3.05, 3.63) is 95.0 Å². The van der Waals surface area contributed by atoms with Gasteiger partial charge in [0.05, 0.1) is 10.6 Å². The number of aryl methyl sites for hydroxylation is 1. The van der Waals surface area contributed by atoms with Gasteiger partial charge in [-0.1, -0.05) is 73.5 Å². The van der Waals surface area contributed by atoms with Crippen molar-refractivity contribution in [3.8, 4) is 0 Å². The smallest absolute Gasteiger partial charge is 0.264 e. The molecular formula is C31H38ClN3O4S. The van der Waals surface area contributed by atoms with Crippen LogP contribution in [0, 0.1) is 6.92 Å². The van der Waals surface area contributed by atoms with E-state index >= 15 is 0 Å². The number of hydrogen-bond acceptors (Lipinski definition) is 4. The third-order valence-electron chi connectivity index (χ3n) is 6.87. The number of halogens is 1. The first-order valence-corrected chi connectivity index (χ1v) is 15.4. The molecule has 0 aliphatic heterocycles. The molecule has 7 nitrogen and oxygen atoms in total. The molecule has 0 aliphatic carbocycles. The van der Waals surface area contributed by atoms with Crippen LogP contribution in [-0.2, 0) is 26.0 Å². The summed E-state index contributed by atoms with van der Waals surface area (Å²) >= 11 is 6.01. The first-order valence-electron chi connectivity index (χ1n) is 13.6. The fraction of sp³-hybridized carbons (Fsp3) is 0.355. The summed E-state index contributed by atoms with van der Waals surface area (Å²) in [5.74, 6) is -0.707. The minimum atomic E-state index is -4.13. The monoisotopic (exact) mass is 583 g/mol. The van der Waals surface area contributed by atoms with Crippen molar-refractivity contribution >= 4 is 39.1 Å². The molecule has 214 valence electrons. The lowest BCUT2D eigenvalue weighted by Crippen LogP contribution is -2.54. The molecule has 3 aromatic rings. The van der Waals surface area contributed by atoms with Crippen LogP contribution in [0.15, 0.2) is 83.8 Å². The maximum Gasteiger partial charge on any atom is 0.264 e. The number of amides is 2. The van der Waals surface area contributed by atoms with Gasteiger partial charge in [0.25, 0.3) is 10.0 Å². The Labute approximate surface area is 243 Å². The molecule has 1 N–H and O–H groups in total. The number of carbonyl (C=O) groups is 2. The molecule has 0 heterocycles. The zero-order chi connectivity index (χ0) is 29.3. The van der Waals surface area contributed by atoms with Gasteiger partial charge in [0, 0.05) is 17.6 Å². The molecule has 0 radical (unpaired) electrons. The van der Waals surface area contributed by atoms with Crippen molar-refractivity contribution in [1.29, 1.82) is 0 Å². The van der Waals surface area contributed by atoms with Gasteiger partial charge in [0.2, 0.25) is 11.8 Å². The molecule has 2 amide bonds. The fourth-order valence-corrected chi connectivity index (χ4v) is 5.85. The summed E-state index contributed by atoms with van der Waals surface area (Å²) in [6, 6.07) is 21.7. The van der Waals surface area contributed by atoms with E-state index < -0.39 is 28.5 Å². The highest BCUT2D eigenvalue weighted by molar-refractivity contribution is 7.92. The lowest BCUT2D eigenvalue weighted by Gasteiger charge is -2.33. The molecule has 0 unspecified atom stereocenters. The predicted molar refractivity (Wildman–Crippen MR) is 161 cm³/mol. The Balaban J connectivity index is 2.00. The molecule has 0 spiro atoms. The van der Waals surface area contributed by atoms with Crippen molar-refractivity contribution in [2.24, 2.45) is 0 Å². The number of anilines is 1. The van der Waals surface area contributed by atoms with E-state index in [2.05, 4.69) is 5.32 Å². The molecular weight excluding hydrogens is 546 g/mol. The molecule has 3 rings (SSSR count). The van der Waals surface area contributed by atoms with Crippen molar-refractivity contribution in [3.63, 3.8) is 0 Å². The highest BCUT2D eigenvalue weighted by Crippen LogP contribution is 2.26. The van der Waals surface area contributed by atoms with Crippen molar-refractivity contribution < 1.29 is 18.0 Å². The summed E-state index contributed by atoms with van der Waals surface area (Å²) in [5, 5.41) is 3.39. The van der Waals surface area contributed by atoms with Crippen molar-refractivity contribution in [2.45, 2.75) is 63.9 Å². The van der Waals surface area contributed by atoms with Gasteiger partial charge in [-0.2, -0.15) is 0 Å². The van der Waals surface area contributed by atoms with Gasteiger partial charge in [0.1, 0.15) is 12.6 Å². The lowest BCUT2D eigenvalue weighted by molar-refractivity contribution is -0.139. The van der Waals surface area contributed by atoms with E-state index in [1.807, 2.05) is 58.0 Å². The zero-order valence-electron chi connectivity index (χ0n) is 23.5. The number of carbonyl (C=O) groups excluding carboxylic acids is 2. The molecule has 0 saturated carbocycles. The maximum absolute atomic E-state index is 14.0. The molecule has 40 heavy (non-hydrogen) atoms. The minimum Gasteiger partial charge on any atom is -0.352 e. The Morgan fingerprint density at radius 1 is 0.900 bits per heavy atom. The topological polar surface area (TPSA) is 86.8 Å². The number of hydrogen-bond donors (Lipinski definition) is 1. The third-order valence-corrected chi connectivity index (χ3v) is 8.91. The van der Waals surface area contributed by atoms with E-state index in [-0.39, 0.29) is 23.4 Å². The SMILES string of the molecule is CC[C@H](C)NC(=O)[C@H](CC)N(CCc1ccccc1)C(=O)CN(c1ccc(C)cc1)S(=O)(=O)c1ccc(Cl)cc1. The maximum atomic E-state index is 14.0. The van der Waals surface area contributed by atoms with Crippen LogP contribution in [0.2, 0.25) is 5.02 Å². The Kier molecular flexibility index (Phi) is 11.2. The number of nitrogens with one attached hydrogen (secondary N) is 1. The van der Waals surface area contributed by atoms with E-state index in [1.54, 1.807) is 24.3 Å². The van der Waals surface area contributed by atoms with Crippen LogP contribution < -0.4 is 9.62 Å². The Morgan fingerprint density at radius 2 is 1.52 bits per heavy atom. The van der Waals surface area contributed by atoms with Gasteiger partial charge >= 0.3 is 0 Å². The average Bonchev–Trinajstić information content (AvgIpc) is 2.95. The van der Waals surface area contributed by atoms with E-state index in [0.717, 1.165) is 21.9 Å². The molecule has 0 fully saturated rings. The fourth-order valence-electron chi connectivity index (χ4n) is 4.31. The average molecular weight is 584 g/mol. The molecule has 3 aromatic carbocycles. The number of nitrogens with zero attached hydrogens (tertiary/aromatic N) is 2. The third kappa shape index (κ3) is 8.08. The molecule has 0 aromatic heterocycles. The van der Waals surface area contributed by atoms with Gasteiger partial charge in [-0.3, -0.25) is 13.9 Å². The van der Waals surface area contributed by atoms with E-state index in [9.17, 15) is 18.0 Å². The molecule has 9 heteroatoms. The van der Waals surface area contributed by atoms with Gasteiger partial charge in [-0.25, -0.2) is 8.42 Å². The quantitative estimate of drug-likeness (QED) is 0.283. The summed E-state index contributed by atoms with van der Waals surface area (Å²) < 4.78 is 28.8. The van der Waals surface area contributed by atoms with Crippen LogP contribution >= 0.6 is 11.6 Å². The van der Waals surface area contributed by atoms with Crippen LogP contribution in [0.5, 0.6) is 0 Å². The van der Waals surface area contributed by atoms with Gasteiger partial charge in [0.15, 0.2) is 0 Å². The zero-order valence-corrected chi connectivity index (χ0v) is 25.1. The Morgan fingerprint density at radius 3 is 2.10 bits per heavy atom. The van der Waals surface area contributed by atoms with Crippen LogP contribution in [0.3, 0.4) is 0 Å². The van der Waals surface area contributed by atoms with Crippen LogP contribution in [0.25, 0.3) is 0 Å². The minimum absolute atomic E-state index is 0.0164. The molecule has 2 atom stereocenters. The molecule has 0 bridgehead atoms. The van der Waals surface area contributed by atoms with Crippen LogP contribution in [0.4, 0.5) is 5.69 Å². The highest BCUT2D eigenvalue weighted by atomic mass is 35.5. The van der Waals surface area contributed by atoms with Gasteiger partial charge in [-0.05, 0) is 75.1 Å². The summed E-state index contributed by atoms with van der Waals surface area (Å²) in [5.41, 5.74) is 2.33. The number of rotatable bonds is 13. The summed E-state index contributed by atoms with van der Waals surface area (Å²) in [4.78, 5) is 28.9. The van der Waals surface area contributed by atoms with E-state index in [1.165, 1.54) is 29.2 Å². The molecule has 0 saturated heterocycles. The predicted octanol–water partition coefficient (Wildman–Crippen LogP) is 5.61. The van der Waals surface area contributed by atoms with E-state index in [0.29, 0.717) is 23.6 Å².